The summed E-state index contributed by atoms with van der Waals surface area (Å²) in [6.45, 7) is 2.05. The third-order valence-electron chi connectivity index (χ3n) is 8.35. The van der Waals surface area contributed by atoms with Crippen molar-refractivity contribution in [1.29, 1.82) is 0 Å². The minimum atomic E-state index is -4.37. The Morgan fingerprint density at radius 3 is 1.37 bits per heavy atom. The highest BCUT2D eigenvalue weighted by molar-refractivity contribution is 8.13. The molecule has 2 heterocycles. The number of aliphatic hydroxyl groups is 2. The Balaban J connectivity index is 0.000000345. The number of carbonyl (C=O) groups excluding carboxylic acids is 2. The van der Waals surface area contributed by atoms with Crippen LogP contribution in [0.1, 0.15) is 61.3 Å². The summed E-state index contributed by atoms with van der Waals surface area (Å²) in [6.07, 6.45) is 1.69. The predicted octanol–water partition coefficient (Wildman–Crippen LogP) is 6.79. The van der Waals surface area contributed by atoms with E-state index in [1.54, 1.807) is 0 Å². The Hall–Kier alpha value is -4.57. The van der Waals surface area contributed by atoms with Gasteiger partial charge in [-0.2, -0.15) is 4.31 Å². The van der Waals surface area contributed by atoms with Gasteiger partial charge in [0.25, 0.3) is 20.9 Å². The van der Waals surface area contributed by atoms with Crippen LogP contribution in [0.25, 0.3) is 0 Å². The number of amides is 2. The van der Waals surface area contributed by atoms with Crippen LogP contribution < -0.4 is 16.0 Å². The van der Waals surface area contributed by atoms with Crippen molar-refractivity contribution in [3.63, 3.8) is 0 Å². The van der Waals surface area contributed by atoms with E-state index in [2.05, 4.69) is 16.0 Å². The Kier molecular flexibility index (Phi) is 19.0. The maximum absolute atomic E-state index is 14.2. The van der Waals surface area contributed by atoms with E-state index in [0.29, 0.717) is 0 Å². The van der Waals surface area contributed by atoms with Gasteiger partial charge in [0, 0.05) is 58.4 Å². The van der Waals surface area contributed by atoms with Crippen LogP contribution in [0.5, 0.6) is 0 Å². The monoisotopic (exact) mass is 896 g/mol. The van der Waals surface area contributed by atoms with Crippen LogP contribution in [0.15, 0.2) is 82.6 Å². The molecular formula is C38H43ClF6N4O8S2. The minimum absolute atomic E-state index is 0. The first kappa shape index (κ1) is 50.6. The number of aliphatic hydroxyl groups excluding tert-OH is 2. The summed E-state index contributed by atoms with van der Waals surface area (Å²) >= 11 is 0. The van der Waals surface area contributed by atoms with Crippen LogP contribution in [0.3, 0.4) is 0 Å². The summed E-state index contributed by atoms with van der Waals surface area (Å²) in [7, 11) is -3.52. The van der Waals surface area contributed by atoms with E-state index in [1.165, 1.54) is 0 Å². The van der Waals surface area contributed by atoms with Gasteiger partial charge in [0.1, 0.15) is 21.4 Å². The number of sulfonamides is 1. The lowest BCUT2D eigenvalue weighted by Crippen LogP contribution is -2.40. The van der Waals surface area contributed by atoms with Crippen molar-refractivity contribution in [3.8, 4) is 0 Å². The molecule has 2 aliphatic heterocycles. The molecule has 12 nitrogen and oxygen atoms in total. The van der Waals surface area contributed by atoms with E-state index in [1.807, 2.05) is 0 Å². The van der Waals surface area contributed by atoms with Gasteiger partial charge in [-0.3, -0.25) is 9.59 Å². The molecule has 4 aromatic rings. The van der Waals surface area contributed by atoms with Crippen molar-refractivity contribution in [2.75, 3.05) is 36.8 Å². The first-order valence-electron chi connectivity index (χ1n) is 16.9. The molecule has 0 atom stereocenters. The molecule has 324 valence electrons. The van der Waals surface area contributed by atoms with Gasteiger partial charge in [-0.05, 0) is 99.4 Å². The molecule has 0 bridgehead atoms. The van der Waals surface area contributed by atoms with Gasteiger partial charge >= 0.3 is 0 Å². The van der Waals surface area contributed by atoms with E-state index >= 15 is 0 Å². The second kappa shape index (κ2) is 22.2. The number of rotatable bonds is 7. The molecule has 2 aliphatic rings. The van der Waals surface area contributed by atoms with E-state index < -0.39 is 81.7 Å². The van der Waals surface area contributed by atoms with Crippen molar-refractivity contribution < 1.29 is 63.0 Å². The summed E-state index contributed by atoms with van der Waals surface area (Å²) in [6, 6.07) is 10.8. The largest absolute Gasteiger partial charge is 0.393 e. The quantitative estimate of drug-likeness (QED) is 0.0986. The zero-order chi connectivity index (χ0) is 42.1. The lowest BCUT2D eigenvalue weighted by Gasteiger charge is -2.28. The Labute approximate surface area is 342 Å². The molecule has 2 amide bonds. The standard InChI is InChI=1S/C18H17F3N2O4S.C13H7ClF3NO3S.C5H11NO.2CH4/c19-14-4-2-12(10-16(14)21)22-18(25)11-1-3-15(20)17(9-11)28(26,27)23-7-5-13(24)6-8-23;14-22(20,21)12-5-7(1-3-10(12)16)13(19)18-8-2-4-9(15)11(17)6-8;7-5-1-3-6-4-2-5;;/h1-4,9-10,13,24H,5-8H2,(H,22,25);1-6H,(H,18,19);5-7H,1-4H2;2*1H4. The second-order valence-corrected chi connectivity index (χ2v) is 17.0. The van der Waals surface area contributed by atoms with Gasteiger partial charge in [-0.1, -0.05) is 14.9 Å². The molecule has 2 fully saturated rings. The van der Waals surface area contributed by atoms with Gasteiger partial charge in [0.2, 0.25) is 10.0 Å². The van der Waals surface area contributed by atoms with E-state index in [9.17, 15) is 57.9 Å². The highest BCUT2D eigenvalue weighted by atomic mass is 35.7. The van der Waals surface area contributed by atoms with Crippen LogP contribution in [-0.2, 0) is 19.1 Å². The number of hydrogen-bond donors (Lipinski definition) is 5. The summed E-state index contributed by atoms with van der Waals surface area (Å²) < 4.78 is 128. The molecule has 0 saturated carbocycles. The summed E-state index contributed by atoms with van der Waals surface area (Å²) in [5.74, 6) is -8.28. The molecule has 4 aromatic carbocycles. The number of carbonyl (C=O) groups is 2. The first-order chi connectivity index (χ1) is 26.8. The van der Waals surface area contributed by atoms with Gasteiger partial charge in [-0.25, -0.2) is 43.2 Å². The maximum atomic E-state index is 14.2. The average molecular weight is 897 g/mol. The number of hydrogen-bond acceptors (Lipinski definition) is 9. The topological polar surface area (TPSA) is 182 Å². The van der Waals surface area contributed by atoms with Gasteiger partial charge in [0.15, 0.2) is 23.3 Å². The summed E-state index contributed by atoms with van der Waals surface area (Å²) in [4.78, 5) is 22.7. The van der Waals surface area contributed by atoms with Crippen LogP contribution in [0.4, 0.5) is 37.7 Å². The Bertz CT molecular complexity index is 2310. The van der Waals surface area contributed by atoms with Gasteiger partial charge < -0.3 is 26.2 Å². The van der Waals surface area contributed by atoms with E-state index in [-0.39, 0.29) is 69.4 Å². The normalized spacial score (nSPS) is 14.9. The zero-order valence-electron chi connectivity index (χ0n) is 29.5. The molecule has 0 spiro atoms. The molecule has 6 rings (SSSR count). The second-order valence-electron chi connectivity index (χ2n) is 12.5. The van der Waals surface area contributed by atoms with Gasteiger partial charge in [0.05, 0.1) is 12.2 Å². The average Bonchev–Trinajstić information content (AvgIpc) is 3.15. The van der Waals surface area contributed by atoms with Crippen molar-refractivity contribution in [1.82, 2.24) is 9.62 Å². The Morgan fingerprint density at radius 1 is 0.593 bits per heavy atom. The SMILES string of the molecule is C.C.O=C(Nc1ccc(F)c(F)c1)c1ccc(F)c(S(=O)(=O)Cl)c1.O=C(Nc1ccc(F)c(F)c1)c1ccc(F)c(S(=O)(=O)N2CCC(O)CC2)c1.OC1CCNCC1. The van der Waals surface area contributed by atoms with Gasteiger partial charge in [-0.15, -0.1) is 0 Å². The molecule has 59 heavy (non-hydrogen) atoms. The fraction of sp³-hybridized carbons (Fsp3) is 0.316. The number of nitrogens with zero attached hydrogens (tertiary/aromatic N) is 1. The lowest BCUT2D eigenvalue weighted by molar-refractivity contribution is 0.101. The van der Waals surface area contributed by atoms with E-state index in [0.717, 1.165) is 103 Å². The van der Waals surface area contributed by atoms with Crippen LogP contribution in [0, 0.1) is 34.9 Å². The van der Waals surface area contributed by atoms with Crippen molar-refractivity contribution in [3.05, 3.63) is 119 Å². The predicted molar refractivity (Wildman–Crippen MR) is 210 cm³/mol. The zero-order valence-corrected chi connectivity index (χ0v) is 31.9. The third kappa shape index (κ3) is 14.3. The van der Waals surface area contributed by atoms with E-state index in [4.69, 9.17) is 15.8 Å². The van der Waals surface area contributed by atoms with Crippen molar-refractivity contribution >= 4 is 52.9 Å². The Morgan fingerprint density at radius 2 is 0.983 bits per heavy atom. The number of halogens is 7. The van der Waals surface area contributed by atoms with Crippen LogP contribution in [0.2, 0.25) is 0 Å². The molecular weight excluding hydrogens is 854 g/mol. The molecule has 21 heteroatoms. The molecule has 0 aromatic heterocycles. The maximum Gasteiger partial charge on any atom is 0.264 e. The fourth-order valence-corrected chi connectivity index (χ4v) is 7.74. The highest BCUT2D eigenvalue weighted by Gasteiger charge is 2.31. The number of anilines is 2. The molecule has 0 radical (unpaired) electrons. The molecule has 2 saturated heterocycles. The minimum Gasteiger partial charge on any atom is -0.393 e. The smallest absolute Gasteiger partial charge is 0.264 e. The molecule has 0 unspecified atom stereocenters. The first-order valence-corrected chi connectivity index (χ1v) is 20.6. The summed E-state index contributed by atoms with van der Waals surface area (Å²) in [5.41, 5.74) is -0.474. The number of nitrogens with one attached hydrogen (secondary N) is 3. The van der Waals surface area contributed by atoms with Crippen molar-refractivity contribution in [2.24, 2.45) is 0 Å². The lowest BCUT2D eigenvalue weighted by atomic mass is 10.1. The van der Waals surface area contributed by atoms with Crippen LogP contribution >= 0.6 is 10.7 Å². The molecule has 5 N–H and O–H groups in total. The summed E-state index contributed by atoms with van der Waals surface area (Å²) in [5, 5.41) is 26.1. The fourth-order valence-electron chi connectivity index (χ4n) is 5.26. The highest BCUT2D eigenvalue weighted by Crippen LogP contribution is 2.25. The molecule has 0 aliphatic carbocycles. The third-order valence-corrected chi connectivity index (χ3v) is 11.6. The van der Waals surface area contributed by atoms with Crippen molar-refractivity contribution in [2.45, 2.75) is 62.5 Å². The van der Waals surface area contributed by atoms with Crippen LogP contribution in [-0.4, -0.2) is 81.6 Å². The number of piperidine rings is 2. The number of benzene rings is 4.